The van der Waals surface area contributed by atoms with E-state index in [1.165, 1.54) is 11.0 Å². The van der Waals surface area contributed by atoms with Gasteiger partial charge in [-0.15, -0.1) is 5.10 Å². The van der Waals surface area contributed by atoms with Crippen LogP contribution in [0, 0.1) is 12.8 Å². The minimum atomic E-state index is -0.325. The third-order valence-corrected chi connectivity index (χ3v) is 4.15. The Kier molecular flexibility index (Phi) is 4.37. The van der Waals surface area contributed by atoms with Crippen LogP contribution in [-0.4, -0.2) is 42.8 Å². The lowest BCUT2D eigenvalue weighted by Gasteiger charge is -2.17. The van der Waals surface area contributed by atoms with Crippen LogP contribution < -0.4 is 16.2 Å². The molecule has 3 aromatic rings. The molecular weight excluding hydrogens is 338 g/mol. The molecule has 0 radical (unpaired) electrons. The third-order valence-electron chi connectivity index (χ3n) is 4.15. The second-order valence-electron chi connectivity index (χ2n) is 5.92. The van der Waals surface area contributed by atoms with Gasteiger partial charge in [-0.3, -0.25) is 10.2 Å². The van der Waals surface area contributed by atoms with Crippen molar-refractivity contribution < 1.29 is 9.32 Å². The molecule has 4 rings (SSSR count). The number of hydrazine groups is 1. The van der Waals surface area contributed by atoms with Crippen molar-refractivity contribution in [1.29, 1.82) is 0 Å². The maximum absolute atomic E-state index is 12.5. The van der Waals surface area contributed by atoms with Crippen molar-refractivity contribution in [3.05, 3.63) is 42.0 Å². The van der Waals surface area contributed by atoms with E-state index in [0.29, 0.717) is 24.8 Å². The van der Waals surface area contributed by atoms with Gasteiger partial charge in [-0.05, 0) is 16.0 Å². The van der Waals surface area contributed by atoms with Gasteiger partial charge >= 0.3 is 0 Å². The van der Waals surface area contributed by atoms with Crippen molar-refractivity contribution in [2.45, 2.75) is 19.6 Å². The quantitative estimate of drug-likeness (QED) is 0.557. The molecule has 11 heteroatoms. The first-order valence-electron chi connectivity index (χ1n) is 8.09. The van der Waals surface area contributed by atoms with Gasteiger partial charge in [0.15, 0.2) is 0 Å². The Morgan fingerprint density at radius 1 is 1.38 bits per heavy atom. The molecule has 2 atom stereocenters. The molecule has 1 aliphatic heterocycles. The zero-order chi connectivity index (χ0) is 17.9. The third kappa shape index (κ3) is 3.30. The standard InChI is InChI=1S/C15H17N9O2/c1-9-19-13(21-26-9)11-4-2-10(3-5-11)6-16-15(25)12-7-17-20-14(12)24-8-18-22-23-24/h2-5,8,12,14,17,20H,6-7H2,1H3,(H,16,25). The van der Waals surface area contributed by atoms with Gasteiger partial charge in [-0.2, -0.15) is 4.98 Å². The van der Waals surface area contributed by atoms with E-state index in [1.807, 2.05) is 24.3 Å². The Hall–Kier alpha value is -3.18. The molecule has 1 amide bonds. The Bertz CT molecular complexity index is 875. The number of amides is 1. The van der Waals surface area contributed by atoms with E-state index in [4.69, 9.17) is 4.52 Å². The summed E-state index contributed by atoms with van der Waals surface area (Å²) in [6.07, 6.45) is 1.15. The fourth-order valence-electron chi connectivity index (χ4n) is 2.78. The van der Waals surface area contributed by atoms with Crippen LogP contribution in [0.1, 0.15) is 17.6 Å². The zero-order valence-corrected chi connectivity index (χ0v) is 14.0. The summed E-state index contributed by atoms with van der Waals surface area (Å²) in [5, 5.41) is 17.9. The van der Waals surface area contributed by atoms with Gasteiger partial charge in [0.05, 0.1) is 5.92 Å². The van der Waals surface area contributed by atoms with Gasteiger partial charge in [0, 0.05) is 25.6 Å². The molecule has 3 N–H and O–H groups in total. The number of rotatable bonds is 5. The average molecular weight is 355 g/mol. The predicted molar refractivity (Wildman–Crippen MR) is 87.8 cm³/mol. The van der Waals surface area contributed by atoms with Crippen molar-refractivity contribution in [3.63, 3.8) is 0 Å². The average Bonchev–Trinajstić information content (AvgIpc) is 3.40. The fraction of sp³-hybridized carbons (Fsp3) is 0.333. The lowest BCUT2D eigenvalue weighted by Crippen LogP contribution is -2.37. The minimum Gasteiger partial charge on any atom is -0.352 e. The number of aryl methyl sites for hydroxylation is 1. The van der Waals surface area contributed by atoms with Crippen LogP contribution in [0.5, 0.6) is 0 Å². The molecule has 1 aliphatic rings. The lowest BCUT2D eigenvalue weighted by atomic mass is 10.1. The summed E-state index contributed by atoms with van der Waals surface area (Å²) in [6, 6.07) is 7.64. The number of benzene rings is 1. The first-order valence-corrected chi connectivity index (χ1v) is 8.09. The van der Waals surface area contributed by atoms with Crippen molar-refractivity contribution >= 4 is 5.91 Å². The highest BCUT2D eigenvalue weighted by Gasteiger charge is 2.34. The van der Waals surface area contributed by atoms with Gasteiger partial charge in [-0.25, -0.2) is 10.1 Å². The van der Waals surface area contributed by atoms with E-state index in [2.05, 4.69) is 41.8 Å². The maximum Gasteiger partial charge on any atom is 0.228 e. The van der Waals surface area contributed by atoms with Crippen LogP contribution in [0.25, 0.3) is 11.4 Å². The molecule has 2 aromatic heterocycles. The van der Waals surface area contributed by atoms with E-state index in [1.54, 1.807) is 6.92 Å². The van der Waals surface area contributed by atoms with Crippen LogP contribution in [-0.2, 0) is 11.3 Å². The Morgan fingerprint density at radius 2 is 2.23 bits per heavy atom. The van der Waals surface area contributed by atoms with E-state index >= 15 is 0 Å². The fourth-order valence-corrected chi connectivity index (χ4v) is 2.78. The highest BCUT2D eigenvalue weighted by molar-refractivity contribution is 5.79. The molecule has 3 heterocycles. The Balaban J connectivity index is 1.37. The second kappa shape index (κ2) is 6.98. The number of aromatic nitrogens is 6. The van der Waals surface area contributed by atoms with Gasteiger partial charge in [-0.1, -0.05) is 29.4 Å². The molecule has 134 valence electrons. The highest BCUT2D eigenvalue weighted by Crippen LogP contribution is 2.18. The van der Waals surface area contributed by atoms with Crippen molar-refractivity contribution in [2.75, 3.05) is 6.54 Å². The SMILES string of the molecule is Cc1nc(-c2ccc(CNC(=O)C3CNNC3n3cnnn3)cc2)no1. The molecule has 1 aromatic carbocycles. The molecule has 0 spiro atoms. The number of tetrazole rings is 1. The van der Waals surface area contributed by atoms with E-state index in [0.717, 1.165) is 11.1 Å². The Morgan fingerprint density at radius 3 is 2.92 bits per heavy atom. The van der Waals surface area contributed by atoms with E-state index in [-0.39, 0.29) is 18.0 Å². The summed E-state index contributed by atoms with van der Waals surface area (Å²) >= 11 is 0. The number of hydrogen-bond donors (Lipinski definition) is 3. The van der Waals surface area contributed by atoms with Gasteiger partial charge < -0.3 is 9.84 Å². The lowest BCUT2D eigenvalue weighted by molar-refractivity contribution is -0.125. The molecule has 2 unspecified atom stereocenters. The van der Waals surface area contributed by atoms with Gasteiger partial charge in [0.25, 0.3) is 0 Å². The first-order chi connectivity index (χ1) is 12.7. The first kappa shape index (κ1) is 16.3. The highest BCUT2D eigenvalue weighted by atomic mass is 16.5. The molecule has 26 heavy (non-hydrogen) atoms. The molecule has 0 aliphatic carbocycles. The molecular formula is C15H17N9O2. The van der Waals surface area contributed by atoms with Crippen LogP contribution in [0.2, 0.25) is 0 Å². The van der Waals surface area contributed by atoms with Crippen molar-refractivity contribution in [2.24, 2.45) is 5.92 Å². The summed E-state index contributed by atoms with van der Waals surface area (Å²) in [5.74, 6) is 0.665. The second-order valence-corrected chi connectivity index (χ2v) is 5.92. The van der Waals surface area contributed by atoms with E-state index < -0.39 is 0 Å². The van der Waals surface area contributed by atoms with Crippen molar-refractivity contribution in [3.8, 4) is 11.4 Å². The minimum absolute atomic E-state index is 0.0825. The predicted octanol–water partition coefficient (Wildman–Crippen LogP) is -0.429. The summed E-state index contributed by atoms with van der Waals surface area (Å²) in [6.45, 7) is 2.66. The zero-order valence-electron chi connectivity index (χ0n) is 14.0. The van der Waals surface area contributed by atoms with Crippen LogP contribution in [0.3, 0.4) is 0 Å². The number of nitrogens with one attached hydrogen (secondary N) is 3. The number of carbonyl (C=O) groups excluding carboxylic acids is 1. The molecule has 1 fully saturated rings. The normalized spacial score (nSPS) is 19.6. The number of nitrogens with zero attached hydrogens (tertiary/aromatic N) is 6. The van der Waals surface area contributed by atoms with Crippen LogP contribution in [0.15, 0.2) is 35.1 Å². The number of hydrogen-bond acceptors (Lipinski definition) is 9. The molecule has 0 saturated carbocycles. The monoisotopic (exact) mass is 355 g/mol. The Labute approximate surface area is 148 Å². The summed E-state index contributed by atoms with van der Waals surface area (Å²) in [7, 11) is 0. The maximum atomic E-state index is 12.5. The van der Waals surface area contributed by atoms with Gasteiger partial charge in [0.1, 0.15) is 12.5 Å². The molecule has 11 nitrogen and oxygen atoms in total. The summed E-state index contributed by atoms with van der Waals surface area (Å²) in [4.78, 5) is 16.7. The van der Waals surface area contributed by atoms with Gasteiger partial charge in [0.2, 0.25) is 17.6 Å². The van der Waals surface area contributed by atoms with Crippen LogP contribution in [0.4, 0.5) is 0 Å². The van der Waals surface area contributed by atoms with Crippen molar-refractivity contribution in [1.82, 2.24) is 46.5 Å². The van der Waals surface area contributed by atoms with E-state index in [9.17, 15) is 4.79 Å². The summed E-state index contributed by atoms with van der Waals surface area (Å²) in [5.41, 5.74) is 7.80. The molecule has 1 saturated heterocycles. The largest absolute Gasteiger partial charge is 0.352 e. The smallest absolute Gasteiger partial charge is 0.228 e. The number of carbonyl (C=O) groups is 1. The van der Waals surface area contributed by atoms with Crippen LogP contribution >= 0.6 is 0 Å². The summed E-state index contributed by atoms with van der Waals surface area (Å²) < 4.78 is 6.50. The molecule has 0 bridgehead atoms. The topological polar surface area (TPSA) is 136 Å².